The first-order valence-electron chi connectivity index (χ1n) is 4.53. The second kappa shape index (κ2) is 5.42. The second-order valence-corrected chi connectivity index (χ2v) is 3.18. The van der Waals surface area contributed by atoms with Crippen LogP contribution in [0.3, 0.4) is 0 Å². The fraction of sp³-hybridized carbons (Fsp3) is 0.875. The third kappa shape index (κ3) is 3.92. The van der Waals surface area contributed by atoms with Crippen molar-refractivity contribution in [3.8, 4) is 0 Å². The molecule has 1 amide bonds. The predicted octanol–water partition coefficient (Wildman–Crippen LogP) is 1.46. The highest BCUT2D eigenvalue weighted by Crippen LogP contribution is 2.35. The van der Waals surface area contributed by atoms with Crippen molar-refractivity contribution in [3.63, 3.8) is 0 Å². The first-order chi connectivity index (χ1) is 7.13. The lowest BCUT2D eigenvalue weighted by Crippen LogP contribution is -2.50. The van der Waals surface area contributed by atoms with Crippen LogP contribution in [0.4, 0.5) is 22.0 Å². The normalized spacial score (nSPS) is 14.7. The van der Waals surface area contributed by atoms with Crippen molar-refractivity contribution in [3.05, 3.63) is 0 Å². The molecule has 0 heterocycles. The van der Waals surface area contributed by atoms with E-state index in [9.17, 15) is 26.7 Å². The van der Waals surface area contributed by atoms with Crippen LogP contribution in [0.15, 0.2) is 0 Å². The molecule has 1 atom stereocenters. The van der Waals surface area contributed by atoms with Crippen molar-refractivity contribution in [2.75, 3.05) is 6.54 Å². The van der Waals surface area contributed by atoms with Crippen LogP contribution in [0.1, 0.15) is 19.8 Å². The summed E-state index contributed by atoms with van der Waals surface area (Å²) in [7, 11) is 0. The molecule has 0 aliphatic carbocycles. The Morgan fingerprint density at radius 3 is 2.19 bits per heavy atom. The van der Waals surface area contributed by atoms with Gasteiger partial charge in [0, 0.05) is 6.54 Å². The van der Waals surface area contributed by atoms with Gasteiger partial charge >= 0.3 is 12.1 Å². The van der Waals surface area contributed by atoms with Crippen LogP contribution in [0, 0.1) is 0 Å². The molecule has 96 valence electrons. The number of aliphatic hydroxyl groups excluding tert-OH is 1. The number of hydrogen-bond acceptors (Lipinski definition) is 2. The van der Waals surface area contributed by atoms with Crippen LogP contribution in [0.5, 0.6) is 0 Å². The molecule has 0 aromatic heterocycles. The van der Waals surface area contributed by atoms with Crippen LogP contribution in [0.25, 0.3) is 0 Å². The van der Waals surface area contributed by atoms with Gasteiger partial charge in [-0.1, -0.05) is 6.92 Å². The predicted molar refractivity (Wildman–Crippen MR) is 44.9 cm³/mol. The zero-order chi connectivity index (χ0) is 13.0. The van der Waals surface area contributed by atoms with E-state index in [1.54, 1.807) is 6.92 Å². The Balaban J connectivity index is 4.17. The lowest BCUT2D eigenvalue weighted by molar-refractivity contribution is -0.269. The van der Waals surface area contributed by atoms with E-state index < -0.39 is 30.7 Å². The molecule has 16 heavy (non-hydrogen) atoms. The van der Waals surface area contributed by atoms with Gasteiger partial charge in [-0.05, 0) is 12.8 Å². The van der Waals surface area contributed by atoms with E-state index in [0.29, 0.717) is 6.42 Å². The summed E-state index contributed by atoms with van der Waals surface area (Å²) in [5, 5.41) is 10.4. The Bertz CT molecular complexity index is 241. The van der Waals surface area contributed by atoms with Gasteiger partial charge in [-0.2, -0.15) is 22.0 Å². The van der Waals surface area contributed by atoms with E-state index in [1.807, 2.05) is 0 Å². The molecule has 0 aliphatic heterocycles. The molecule has 1 unspecified atom stereocenters. The summed E-state index contributed by atoms with van der Waals surface area (Å²) in [5.41, 5.74) is 0. The van der Waals surface area contributed by atoms with Gasteiger partial charge in [-0.25, -0.2) is 0 Å². The third-order valence-electron chi connectivity index (χ3n) is 1.88. The molecule has 3 nitrogen and oxygen atoms in total. The fourth-order valence-corrected chi connectivity index (χ4v) is 0.796. The summed E-state index contributed by atoms with van der Waals surface area (Å²) in [6, 6.07) is 0. The Labute approximate surface area is 88.6 Å². The van der Waals surface area contributed by atoms with Gasteiger partial charge < -0.3 is 10.4 Å². The topological polar surface area (TPSA) is 49.3 Å². The van der Waals surface area contributed by atoms with Crippen molar-refractivity contribution in [1.29, 1.82) is 0 Å². The molecule has 0 rings (SSSR count). The van der Waals surface area contributed by atoms with Crippen molar-refractivity contribution >= 4 is 5.91 Å². The summed E-state index contributed by atoms with van der Waals surface area (Å²) < 4.78 is 59.7. The van der Waals surface area contributed by atoms with Crippen molar-refractivity contribution in [2.24, 2.45) is 0 Å². The maximum absolute atomic E-state index is 12.3. The molecule has 0 spiro atoms. The molecule has 0 saturated heterocycles. The Hall–Kier alpha value is -0.920. The van der Waals surface area contributed by atoms with Crippen molar-refractivity contribution < 1.29 is 31.9 Å². The summed E-state index contributed by atoms with van der Waals surface area (Å²) in [6.07, 6.45) is -6.48. The number of aliphatic hydroxyl groups is 1. The lowest BCUT2D eigenvalue weighted by atomic mass is 10.2. The van der Waals surface area contributed by atoms with Gasteiger partial charge in [-0.3, -0.25) is 4.79 Å². The van der Waals surface area contributed by atoms with Gasteiger partial charge in [0.05, 0.1) is 6.10 Å². The first-order valence-corrected chi connectivity index (χ1v) is 4.53. The van der Waals surface area contributed by atoms with E-state index in [1.165, 1.54) is 5.32 Å². The Morgan fingerprint density at radius 2 is 1.81 bits per heavy atom. The minimum atomic E-state index is -5.90. The molecule has 0 bridgehead atoms. The maximum atomic E-state index is 12.3. The van der Waals surface area contributed by atoms with Gasteiger partial charge in [-0.15, -0.1) is 0 Å². The molecule has 8 heteroatoms. The summed E-state index contributed by atoms with van der Waals surface area (Å²) >= 11 is 0. The first kappa shape index (κ1) is 15.1. The number of carbonyl (C=O) groups excluding carboxylic acids is 1. The van der Waals surface area contributed by atoms with Crippen molar-refractivity contribution in [1.82, 2.24) is 5.32 Å². The SMILES string of the molecule is CCC(O)CCNC(=O)C(F)(F)C(F)(F)F. The monoisotopic (exact) mass is 249 g/mol. The standard InChI is InChI=1S/C8H12F5NO2/c1-2-5(15)3-4-14-6(16)7(9,10)8(11,12)13/h5,15H,2-4H2,1H3,(H,14,16). The third-order valence-corrected chi connectivity index (χ3v) is 1.88. The van der Waals surface area contributed by atoms with Gasteiger partial charge in [0.15, 0.2) is 0 Å². The summed E-state index contributed by atoms with van der Waals surface area (Å²) in [5.74, 6) is -7.80. The number of carbonyl (C=O) groups is 1. The summed E-state index contributed by atoms with van der Waals surface area (Å²) in [6.45, 7) is 1.18. The van der Waals surface area contributed by atoms with Gasteiger partial charge in [0.25, 0.3) is 5.91 Å². The molecular formula is C8H12F5NO2. The minimum Gasteiger partial charge on any atom is -0.393 e. The average Bonchev–Trinajstić information content (AvgIpc) is 2.15. The number of rotatable bonds is 5. The second-order valence-electron chi connectivity index (χ2n) is 3.18. The highest BCUT2D eigenvalue weighted by Gasteiger charge is 2.63. The van der Waals surface area contributed by atoms with Gasteiger partial charge in [0.2, 0.25) is 0 Å². The van der Waals surface area contributed by atoms with E-state index >= 15 is 0 Å². The zero-order valence-corrected chi connectivity index (χ0v) is 8.44. The van der Waals surface area contributed by atoms with Crippen LogP contribution < -0.4 is 5.32 Å². The summed E-state index contributed by atoms with van der Waals surface area (Å²) in [4.78, 5) is 10.5. The highest BCUT2D eigenvalue weighted by atomic mass is 19.4. The molecule has 0 radical (unpaired) electrons. The zero-order valence-electron chi connectivity index (χ0n) is 8.44. The molecule has 0 fully saturated rings. The van der Waals surface area contributed by atoms with Crippen molar-refractivity contribution in [2.45, 2.75) is 38.0 Å². The lowest BCUT2D eigenvalue weighted by Gasteiger charge is -2.19. The Kier molecular flexibility index (Phi) is 5.11. The average molecular weight is 249 g/mol. The van der Waals surface area contributed by atoms with Crippen LogP contribution >= 0.6 is 0 Å². The quantitative estimate of drug-likeness (QED) is 0.725. The minimum absolute atomic E-state index is 0.0732. The molecule has 0 aliphatic rings. The fourth-order valence-electron chi connectivity index (χ4n) is 0.796. The molecule has 0 aromatic carbocycles. The number of halogens is 5. The van der Waals surface area contributed by atoms with Crippen LogP contribution in [-0.4, -0.2) is 35.8 Å². The van der Waals surface area contributed by atoms with E-state index in [0.717, 1.165) is 0 Å². The van der Waals surface area contributed by atoms with E-state index in [4.69, 9.17) is 5.11 Å². The smallest absolute Gasteiger partial charge is 0.393 e. The molecule has 2 N–H and O–H groups in total. The van der Waals surface area contributed by atoms with E-state index in [-0.39, 0.29) is 6.42 Å². The molecular weight excluding hydrogens is 237 g/mol. The van der Waals surface area contributed by atoms with E-state index in [2.05, 4.69) is 0 Å². The molecule has 0 saturated carbocycles. The Morgan fingerprint density at radius 1 is 1.31 bits per heavy atom. The largest absolute Gasteiger partial charge is 0.463 e. The number of amides is 1. The van der Waals surface area contributed by atoms with Crippen LogP contribution in [0.2, 0.25) is 0 Å². The number of hydrogen-bond donors (Lipinski definition) is 2. The van der Waals surface area contributed by atoms with Crippen LogP contribution in [-0.2, 0) is 4.79 Å². The number of nitrogens with one attached hydrogen (secondary N) is 1. The van der Waals surface area contributed by atoms with Gasteiger partial charge in [0.1, 0.15) is 0 Å². The highest BCUT2D eigenvalue weighted by molar-refractivity contribution is 5.84. The number of alkyl halides is 5. The molecule has 0 aromatic rings. The maximum Gasteiger partial charge on any atom is 0.463 e.